The van der Waals surface area contributed by atoms with Crippen LogP contribution < -0.4 is 5.69 Å². The highest BCUT2D eigenvalue weighted by Crippen LogP contribution is 2.26. The van der Waals surface area contributed by atoms with Crippen molar-refractivity contribution < 1.29 is 0 Å². The molecule has 148 valence electrons. The van der Waals surface area contributed by atoms with Crippen LogP contribution in [0, 0.1) is 6.92 Å². The van der Waals surface area contributed by atoms with Gasteiger partial charge in [0.25, 0.3) is 0 Å². The number of aromatic nitrogens is 4. The van der Waals surface area contributed by atoms with Gasteiger partial charge in [0.15, 0.2) is 5.65 Å². The van der Waals surface area contributed by atoms with E-state index in [9.17, 15) is 4.79 Å². The summed E-state index contributed by atoms with van der Waals surface area (Å²) in [4.78, 5) is 23.8. The molecule has 5 heteroatoms. The fourth-order valence-corrected chi connectivity index (χ4v) is 3.25. The number of imidazole rings is 1. The summed E-state index contributed by atoms with van der Waals surface area (Å²) in [6, 6.07) is 0. The van der Waals surface area contributed by atoms with E-state index in [1.807, 2.05) is 39.8 Å². The van der Waals surface area contributed by atoms with Crippen LogP contribution in [0.3, 0.4) is 0 Å². The maximum absolute atomic E-state index is 12.4. The van der Waals surface area contributed by atoms with Crippen LogP contribution in [0.5, 0.6) is 0 Å². The van der Waals surface area contributed by atoms with Crippen LogP contribution in [0.25, 0.3) is 11.2 Å². The largest absolute Gasteiger partial charge is 0.328 e. The van der Waals surface area contributed by atoms with Crippen molar-refractivity contribution in [2.45, 2.75) is 54.0 Å². The lowest BCUT2D eigenvalue weighted by Crippen LogP contribution is -2.19. The van der Waals surface area contributed by atoms with Gasteiger partial charge in [0.05, 0.1) is 12.7 Å². The van der Waals surface area contributed by atoms with Crippen LogP contribution >= 0.6 is 0 Å². The highest BCUT2D eigenvalue weighted by atomic mass is 16.1. The van der Waals surface area contributed by atoms with Crippen LogP contribution in [-0.2, 0) is 6.54 Å². The lowest BCUT2D eigenvalue weighted by Gasteiger charge is -2.16. The summed E-state index contributed by atoms with van der Waals surface area (Å²) in [5.41, 5.74) is 5.58. The van der Waals surface area contributed by atoms with Gasteiger partial charge in [-0.25, -0.2) is 14.8 Å². The first-order valence-corrected chi connectivity index (χ1v) is 9.83. The van der Waals surface area contributed by atoms with Crippen molar-refractivity contribution >= 4 is 11.2 Å². The summed E-state index contributed by atoms with van der Waals surface area (Å²) >= 11 is 0. The normalized spacial score (nSPS) is 14.9. The third-order valence-corrected chi connectivity index (χ3v) is 4.70. The lowest BCUT2D eigenvalue weighted by molar-refractivity contribution is 0.765. The van der Waals surface area contributed by atoms with Gasteiger partial charge in [-0.05, 0) is 55.9 Å². The molecule has 0 unspecified atom stereocenters. The van der Waals surface area contributed by atoms with E-state index in [0.29, 0.717) is 23.5 Å². The summed E-state index contributed by atoms with van der Waals surface area (Å²) < 4.78 is 1.66. The van der Waals surface area contributed by atoms with Crippen LogP contribution in [0.15, 0.2) is 70.2 Å². The van der Waals surface area contributed by atoms with Gasteiger partial charge in [0.1, 0.15) is 11.3 Å². The monoisotopic (exact) mass is 378 g/mol. The van der Waals surface area contributed by atoms with Gasteiger partial charge in [-0.3, -0.25) is 4.57 Å². The smallest absolute Gasteiger partial charge is 0.303 e. The minimum atomic E-state index is -0.177. The number of nitrogens with one attached hydrogen (secondary N) is 1. The van der Waals surface area contributed by atoms with Crippen molar-refractivity contribution in [2.24, 2.45) is 0 Å². The Hall–Kier alpha value is -2.95. The predicted octanol–water partition coefficient (Wildman–Crippen LogP) is 5.18. The first kappa shape index (κ1) is 21.4. The summed E-state index contributed by atoms with van der Waals surface area (Å²) in [6.45, 7) is 14.3. The quantitative estimate of drug-likeness (QED) is 0.729. The third kappa shape index (κ3) is 4.47. The standard InChI is InChI=1S/C21H24N4O.C2H6/c1-5-16(14(3)18(6-2)17-10-8-7-9-11-17)13-25-20-19(24-21(25)26)12-22-15(4)23-20;1-2/h5-6,8,10-12H,2,7,9,13H2,1,3-4H3,(H,24,26);1-2H3/b16-5-,18-14+;. The second-order valence-corrected chi connectivity index (χ2v) is 6.37. The van der Waals surface area contributed by atoms with Crippen molar-refractivity contribution in [2.75, 3.05) is 0 Å². The Bertz CT molecular complexity index is 1030. The van der Waals surface area contributed by atoms with Gasteiger partial charge in [-0.15, -0.1) is 0 Å². The molecule has 0 amide bonds. The van der Waals surface area contributed by atoms with E-state index in [1.165, 1.54) is 5.57 Å². The lowest BCUT2D eigenvalue weighted by atomic mass is 9.92. The number of rotatable bonds is 5. The molecular weight excluding hydrogens is 348 g/mol. The molecule has 2 aromatic rings. The fraction of sp³-hybridized carbons (Fsp3) is 0.348. The second kappa shape index (κ2) is 9.83. The van der Waals surface area contributed by atoms with Gasteiger partial charge >= 0.3 is 5.69 Å². The van der Waals surface area contributed by atoms with Crippen LogP contribution in [-0.4, -0.2) is 19.5 Å². The molecule has 1 aliphatic rings. The Morgan fingerprint density at radius 2 is 2.11 bits per heavy atom. The van der Waals surface area contributed by atoms with E-state index in [4.69, 9.17) is 0 Å². The zero-order chi connectivity index (χ0) is 20.7. The van der Waals surface area contributed by atoms with Gasteiger partial charge in [-0.2, -0.15) is 0 Å². The number of hydrogen-bond acceptors (Lipinski definition) is 3. The van der Waals surface area contributed by atoms with Crippen molar-refractivity contribution in [1.82, 2.24) is 19.5 Å². The summed E-state index contributed by atoms with van der Waals surface area (Å²) in [6.07, 6.45) is 14.3. The number of allylic oxidation sites excluding steroid dienone is 9. The zero-order valence-corrected chi connectivity index (χ0v) is 17.5. The van der Waals surface area contributed by atoms with E-state index < -0.39 is 0 Å². The van der Waals surface area contributed by atoms with E-state index in [2.05, 4.69) is 46.7 Å². The van der Waals surface area contributed by atoms with Gasteiger partial charge < -0.3 is 4.98 Å². The van der Waals surface area contributed by atoms with Crippen molar-refractivity contribution in [1.29, 1.82) is 0 Å². The molecule has 0 fully saturated rings. The number of nitrogens with zero attached hydrogens (tertiary/aromatic N) is 3. The van der Waals surface area contributed by atoms with Crippen LogP contribution in [0.1, 0.15) is 46.4 Å². The average molecular weight is 379 g/mol. The maximum atomic E-state index is 12.4. The molecule has 28 heavy (non-hydrogen) atoms. The molecule has 0 spiro atoms. The highest BCUT2D eigenvalue weighted by Gasteiger charge is 2.14. The minimum absolute atomic E-state index is 0.177. The predicted molar refractivity (Wildman–Crippen MR) is 117 cm³/mol. The van der Waals surface area contributed by atoms with Gasteiger partial charge in [-0.1, -0.05) is 50.8 Å². The first-order chi connectivity index (χ1) is 13.5. The average Bonchev–Trinajstić information content (AvgIpc) is 3.03. The molecule has 0 aromatic carbocycles. The molecule has 0 aliphatic heterocycles. The summed E-state index contributed by atoms with van der Waals surface area (Å²) in [7, 11) is 0. The molecule has 2 heterocycles. The Balaban J connectivity index is 0.00000136. The van der Waals surface area contributed by atoms with E-state index in [1.54, 1.807) is 10.8 Å². The van der Waals surface area contributed by atoms with Crippen molar-refractivity contribution in [3.05, 3.63) is 81.8 Å². The summed E-state index contributed by atoms with van der Waals surface area (Å²) in [5, 5.41) is 0. The van der Waals surface area contributed by atoms with Gasteiger partial charge in [0.2, 0.25) is 0 Å². The molecule has 0 atom stereocenters. The number of aromatic amines is 1. The number of fused-ring (bicyclic) bond motifs is 1. The highest BCUT2D eigenvalue weighted by molar-refractivity contribution is 5.69. The molecule has 1 N–H and O–H groups in total. The van der Waals surface area contributed by atoms with E-state index in [-0.39, 0.29) is 5.69 Å². The van der Waals surface area contributed by atoms with E-state index >= 15 is 0 Å². The fourth-order valence-electron chi connectivity index (χ4n) is 3.25. The van der Waals surface area contributed by atoms with Crippen LogP contribution in [0.4, 0.5) is 0 Å². The van der Waals surface area contributed by atoms with Crippen molar-refractivity contribution in [3.63, 3.8) is 0 Å². The summed E-state index contributed by atoms with van der Waals surface area (Å²) in [5.74, 6) is 0.642. The van der Waals surface area contributed by atoms with Crippen molar-refractivity contribution in [3.8, 4) is 0 Å². The number of aryl methyl sites for hydroxylation is 1. The topological polar surface area (TPSA) is 63.6 Å². The number of H-pyrrole nitrogens is 1. The Morgan fingerprint density at radius 3 is 2.71 bits per heavy atom. The first-order valence-electron chi connectivity index (χ1n) is 9.83. The molecular formula is C23H30N4O. The SMILES string of the molecule is C=C/C(C1=CCCC=C1)=C(C)\C(=C/C)Cn1c(=O)[nH]c2cnc(C)nc21.CC. The Labute approximate surface area is 166 Å². The second-order valence-electron chi connectivity index (χ2n) is 6.37. The Morgan fingerprint density at radius 1 is 1.36 bits per heavy atom. The maximum Gasteiger partial charge on any atom is 0.328 e. The third-order valence-electron chi connectivity index (χ3n) is 4.70. The molecule has 3 rings (SSSR count). The molecule has 2 aromatic heterocycles. The number of hydrogen-bond donors (Lipinski definition) is 1. The molecule has 0 saturated heterocycles. The molecule has 0 saturated carbocycles. The molecule has 0 radical (unpaired) electrons. The van der Waals surface area contributed by atoms with E-state index in [0.717, 1.165) is 29.6 Å². The molecule has 0 bridgehead atoms. The minimum Gasteiger partial charge on any atom is -0.303 e. The Kier molecular flexibility index (Phi) is 7.50. The van der Waals surface area contributed by atoms with Gasteiger partial charge in [0, 0.05) is 0 Å². The molecule has 5 nitrogen and oxygen atoms in total. The molecule has 1 aliphatic carbocycles. The zero-order valence-electron chi connectivity index (χ0n) is 17.5. The van der Waals surface area contributed by atoms with Crippen LogP contribution in [0.2, 0.25) is 0 Å².